The number of hydrogen-bond acceptors (Lipinski definition) is 5. The molecule has 0 spiro atoms. The number of hydrogen-bond donors (Lipinski definition) is 0. The van der Waals surface area contributed by atoms with Crippen molar-refractivity contribution in [1.29, 1.82) is 5.26 Å². The van der Waals surface area contributed by atoms with E-state index < -0.39 is 0 Å². The molecule has 1 aliphatic rings. The number of rotatable bonds is 4. The van der Waals surface area contributed by atoms with Gasteiger partial charge < -0.3 is 4.90 Å². The van der Waals surface area contributed by atoms with Crippen LogP contribution in [0.15, 0.2) is 31.1 Å². The quantitative estimate of drug-likeness (QED) is 0.624. The Morgan fingerprint density at radius 2 is 1.97 bits per heavy atom. The standard InChI is InChI=1S/C22H23N7O/c1-3-20-25-15-19(29(20)12-8-9-23)21-16-14-24-17(13-18(16)27(2)26-21)22(30)28-10-6-4-5-7-11-28/h3,8,12-15H,1,4-7,10-11H2,2H3/b12-8+. The molecule has 152 valence electrons. The summed E-state index contributed by atoms with van der Waals surface area (Å²) in [5, 5.41) is 14.4. The van der Waals surface area contributed by atoms with Crippen LogP contribution in [0.25, 0.3) is 34.6 Å². The number of amides is 1. The van der Waals surface area contributed by atoms with Crippen LogP contribution in [0.1, 0.15) is 42.0 Å². The Bertz CT molecular complexity index is 1170. The van der Waals surface area contributed by atoms with Crippen molar-refractivity contribution in [2.75, 3.05) is 13.1 Å². The zero-order valence-electron chi connectivity index (χ0n) is 17.0. The summed E-state index contributed by atoms with van der Waals surface area (Å²) in [6, 6.07) is 3.80. The number of carbonyl (C=O) groups excluding carboxylic acids is 1. The first-order valence-corrected chi connectivity index (χ1v) is 10.0. The highest BCUT2D eigenvalue weighted by Crippen LogP contribution is 2.29. The Balaban J connectivity index is 1.76. The Labute approximate surface area is 174 Å². The van der Waals surface area contributed by atoms with E-state index in [0.29, 0.717) is 17.2 Å². The molecular formula is C22H23N7O. The van der Waals surface area contributed by atoms with Gasteiger partial charge in [-0.25, -0.2) is 4.98 Å². The molecular weight excluding hydrogens is 378 g/mol. The molecule has 30 heavy (non-hydrogen) atoms. The van der Waals surface area contributed by atoms with Crippen LogP contribution in [-0.2, 0) is 7.05 Å². The number of carbonyl (C=O) groups is 1. The van der Waals surface area contributed by atoms with Crippen LogP contribution >= 0.6 is 0 Å². The summed E-state index contributed by atoms with van der Waals surface area (Å²) in [5.74, 6) is 0.578. The van der Waals surface area contributed by atoms with Crippen molar-refractivity contribution in [3.05, 3.63) is 42.6 Å². The lowest BCUT2D eigenvalue weighted by Gasteiger charge is -2.19. The number of nitrogens with zero attached hydrogens (tertiary/aromatic N) is 7. The molecule has 0 bridgehead atoms. The summed E-state index contributed by atoms with van der Waals surface area (Å²) in [5.41, 5.74) is 2.64. The third kappa shape index (κ3) is 3.50. The van der Waals surface area contributed by atoms with Gasteiger partial charge in [0.15, 0.2) is 0 Å². The average molecular weight is 401 g/mol. The van der Waals surface area contributed by atoms with Crippen LogP contribution in [0.4, 0.5) is 0 Å². The number of allylic oxidation sites excluding steroid dienone is 1. The molecule has 0 radical (unpaired) electrons. The highest BCUT2D eigenvalue weighted by Gasteiger charge is 2.21. The van der Waals surface area contributed by atoms with E-state index >= 15 is 0 Å². The van der Waals surface area contributed by atoms with Crippen LogP contribution in [0.3, 0.4) is 0 Å². The number of pyridine rings is 1. The summed E-state index contributed by atoms with van der Waals surface area (Å²) in [6.07, 6.45) is 12.4. The van der Waals surface area contributed by atoms with Crippen LogP contribution < -0.4 is 0 Å². The fourth-order valence-electron chi connectivity index (χ4n) is 3.86. The second kappa shape index (κ2) is 8.33. The molecule has 8 heteroatoms. The van der Waals surface area contributed by atoms with Gasteiger partial charge in [0, 0.05) is 44.0 Å². The molecule has 0 unspecified atom stereocenters. The van der Waals surface area contributed by atoms with E-state index in [4.69, 9.17) is 5.26 Å². The molecule has 1 aliphatic heterocycles. The number of likely N-dealkylation sites (tertiary alicyclic amines) is 1. The van der Waals surface area contributed by atoms with E-state index in [1.54, 1.807) is 40.0 Å². The van der Waals surface area contributed by atoms with Crippen LogP contribution in [0.2, 0.25) is 0 Å². The first-order chi connectivity index (χ1) is 14.6. The third-order valence-corrected chi connectivity index (χ3v) is 5.40. The normalized spacial score (nSPS) is 14.7. The molecule has 8 nitrogen and oxygen atoms in total. The summed E-state index contributed by atoms with van der Waals surface area (Å²) in [4.78, 5) is 23.7. The van der Waals surface area contributed by atoms with E-state index in [1.165, 1.54) is 18.9 Å². The highest BCUT2D eigenvalue weighted by atomic mass is 16.2. The van der Waals surface area contributed by atoms with Gasteiger partial charge in [0.2, 0.25) is 0 Å². The molecule has 1 amide bonds. The minimum Gasteiger partial charge on any atom is -0.337 e. The number of aryl methyl sites for hydroxylation is 1. The van der Waals surface area contributed by atoms with E-state index in [0.717, 1.165) is 42.5 Å². The lowest BCUT2D eigenvalue weighted by molar-refractivity contribution is 0.0756. The van der Waals surface area contributed by atoms with Gasteiger partial charge in [-0.2, -0.15) is 10.4 Å². The van der Waals surface area contributed by atoms with Gasteiger partial charge in [-0.15, -0.1) is 0 Å². The van der Waals surface area contributed by atoms with Crippen molar-refractivity contribution in [2.45, 2.75) is 25.7 Å². The zero-order valence-corrected chi connectivity index (χ0v) is 17.0. The van der Waals surface area contributed by atoms with Gasteiger partial charge in [-0.3, -0.25) is 19.0 Å². The molecule has 1 fully saturated rings. The second-order valence-electron chi connectivity index (χ2n) is 7.29. The van der Waals surface area contributed by atoms with Gasteiger partial charge in [0.25, 0.3) is 5.91 Å². The van der Waals surface area contributed by atoms with Crippen molar-refractivity contribution in [3.63, 3.8) is 0 Å². The molecule has 3 aromatic rings. The van der Waals surface area contributed by atoms with Gasteiger partial charge in [-0.05, 0) is 25.0 Å². The monoisotopic (exact) mass is 401 g/mol. The number of fused-ring (bicyclic) bond motifs is 1. The summed E-state index contributed by atoms with van der Waals surface area (Å²) in [7, 11) is 1.84. The molecule has 3 aromatic heterocycles. The van der Waals surface area contributed by atoms with Gasteiger partial charge >= 0.3 is 0 Å². The number of imidazole rings is 1. The average Bonchev–Trinajstić information content (AvgIpc) is 3.19. The summed E-state index contributed by atoms with van der Waals surface area (Å²) < 4.78 is 3.50. The molecule has 4 heterocycles. The van der Waals surface area contributed by atoms with E-state index in [2.05, 4.69) is 21.6 Å². The predicted molar refractivity (Wildman–Crippen MR) is 115 cm³/mol. The Morgan fingerprint density at radius 3 is 2.67 bits per heavy atom. The van der Waals surface area contributed by atoms with Crippen molar-refractivity contribution in [1.82, 2.24) is 29.2 Å². The molecule has 0 atom stereocenters. The maximum Gasteiger partial charge on any atom is 0.272 e. The van der Waals surface area contributed by atoms with Crippen molar-refractivity contribution in [3.8, 4) is 17.5 Å². The van der Waals surface area contributed by atoms with Gasteiger partial charge in [0.1, 0.15) is 17.2 Å². The third-order valence-electron chi connectivity index (χ3n) is 5.40. The smallest absolute Gasteiger partial charge is 0.272 e. The van der Waals surface area contributed by atoms with Crippen LogP contribution in [0, 0.1) is 11.3 Å². The first kappa shape index (κ1) is 19.6. The lowest BCUT2D eigenvalue weighted by atomic mass is 10.2. The minimum atomic E-state index is -0.0301. The highest BCUT2D eigenvalue weighted by molar-refractivity contribution is 5.99. The largest absolute Gasteiger partial charge is 0.337 e. The molecule has 0 aliphatic carbocycles. The maximum atomic E-state index is 13.0. The second-order valence-corrected chi connectivity index (χ2v) is 7.29. The SMILES string of the molecule is C=Cc1ncc(-c2nn(C)c3cc(C(=O)N4CCCCCC4)ncc23)n1/C=C/C#N. The van der Waals surface area contributed by atoms with E-state index in [-0.39, 0.29) is 5.91 Å². The first-order valence-electron chi connectivity index (χ1n) is 10.0. The minimum absolute atomic E-state index is 0.0301. The Hall–Kier alpha value is -3.73. The van der Waals surface area contributed by atoms with Gasteiger partial charge in [0.05, 0.1) is 23.5 Å². The number of nitriles is 1. The van der Waals surface area contributed by atoms with Crippen LogP contribution in [0.5, 0.6) is 0 Å². The molecule has 1 saturated heterocycles. The molecule has 0 saturated carbocycles. The Morgan fingerprint density at radius 1 is 1.20 bits per heavy atom. The zero-order chi connectivity index (χ0) is 21.1. The number of aromatic nitrogens is 5. The molecule has 0 N–H and O–H groups in total. The van der Waals surface area contributed by atoms with E-state index in [9.17, 15) is 4.79 Å². The van der Waals surface area contributed by atoms with Crippen LogP contribution in [-0.4, -0.2) is 48.2 Å². The van der Waals surface area contributed by atoms with Crippen molar-refractivity contribution in [2.24, 2.45) is 7.05 Å². The predicted octanol–water partition coefficient (Wildman–Crippen LogP) is 3.49. The molecule has 4 rings (SSSR count). The van der Waals surface area contributed by atoms with Crippen molar-refractivity contribution >= 4 is 29.1 Å². The summed E-state index contributed by atoms with van der Waals surface area (Å²) in [6.45, 7) is 5.34. The maximum absolute atomic E-state index is 13.0. The lowest BCUT2D eigenvalue weighted by Crippen LogP contribution is -2.32. The summed E-state index contributed by atoms with van der Waals surface area (Å²) >= 11 is 0. The molecule has 0 aromatic carbocycles. The van der Waals surface area contributed by atoms with E-state index in [1.807, 2.05) is 18.0 Å². The fraction of sp³-hybridized carbons (Fsp3) is 0.318. The topological polar surface area (TPSA) is 92.6 Å². The van der Waals surface area contributed by atoms with Crippen molar-refractivity contribution < 1.29 is 4.79 Å². The Kier molecular flexibility index (Phi) is 5.44. The van der Waals surface area contributed by atoms with Gasteiger partial charge in [-0.1, -0.05) is 19.4 Å². The fourth-order valence-corrected chi connectivity index (χ4v) is 3.86.